The Morgan fingerprint density at radius 1 is 0.833 bits per heavy atom. The predicted octanol–water partition coefficient (Wildman–Crippen LogP) is 6.00. The summed E-state index contributed by atoms with van der Waals surface area (Å²) in [4.78, 5) is 2.31. The van der Waals surface area contributed by atoms with Crippen LogP contribution in [0.2, 0.25) is 5.02 Å². The summed E-state index contributed by atoms with van der Waals surface area (Å²) < 4.78 is 6.10. The molecule has 0 radical (unpaired) electrons. The molecule has 3 aromatic rings. The van der Waals surface area contributed by atoms with Gasteiger partial charge in [-0.25, -0.2) is 0 Å². The molecule has 0 aliphatic carbocycles. The highest BCUT2D eigenvalue weighted by Crippen LogP contribution is 2.45. The molecule has 4 rings (SSSR count). The highest BCUT2D eigenvalue weighted by Gasteiger charge is 2.36. The van der Waals surface area contributed by atoms with E-state index in [1.54, 1.807) is 0 Å². The van der Waals surface area contributed by atoms with E-state index in [2.05, 4.69) is 54.3 Å². The SMILES string of the molecule is CC1Oc2ccccc2C1N(c1ccccc1)c1cccc(Cl)c1. The normalized spacial score (nSPS) is 18.8. The summed E-state index contributed by atoms with van der Waals surface area (Å²) in [6.45, 7) is 2.12. The van der Waals surface area contributed by atoms with E-state index in [0.717, 1.165) is 22.1 Å². The lowest BCUT2D eigenvalue weighted by Crippen LogP contribution is -2.30. The zero-order valence-electron chi connectivity index (χ0n) is 13.4. The maximum atomic E-state index is 6.26. The van der Waals surface area contributed by atoms with Crippen LogP contribution in [0, 0.1) is 0 Å². The zero-order valence-corrected chi connectivity index (χ0v) is 14.1. The molecule has 0 N–H and O–H groups in total. The van der Waals surface area contributed by atoms with Gasteiger partial charge < -0.3 is 9.64 Å². The fourth-order valence-electron chi connectivity index (χ4n) is 3.38. The minimum absolute atomic E-state index is 0.0431. The number of fused-ring (bicyclic) bond motifs is 1. The lowest BCUT2D eigenvalue weighted by Gasteiger charge is -2.33. The van der Waals surface area contributed by atoms with E-state index >= 15 is 0 Å². The van der Waals surface area contributed by atoms with Gasteiger partial charge in [-0.05, 0) is 43.3 Å². The van der Waals surface area contributed by atoms with Crippen LogP contribution in [0.3, 0.4) is 0 Å². The largest absolute Gasteiger partial charge is 0.488 e. The van der Waals surface area contributed by atoms with Crippen molar-refractivity contribution in [1.82, 2.24) is 0 Å². The first-order chi connectivity index (χ1) is 11.7. The van der Waals surface area contributed by atoms with E-state index in [9.17, 15) is 0 Å². The van der Waals surface area contributed by atoms with Gasteiger partial charge in [0.15, 0.2) is 0 Å². The van der Waals surface area contributed by atoms with Gasteiger partial charge >= 0.3 is 0 Å². The maximum absolute atomic E-state index is 6.26. The van der Waals surface area contributed by atoms with Crippen LogP contribution in [0.5, 0.6) is 5.75 Å². The Balaban J connectivity index is 1.88. The van der Waals surface area contributed by atoms with Crippen LogP contribution in [0.1, 0.15) is 18.5 Å². The summed E-state index contributed by atoms with van der Waals surface area (Å²) in [7, 11) is 0. The number of halogens is 1. The predicted molar refractivity (Wildman–Crippen MR) is 99.3 cm³/mol. The monoisotopic (exact) mass is 335 g/mol. The number of benzene rings is 3. The Labute approximate surface area is 147 Å². The number of rotatable bonds is 3. The molecule has 0 aromatic heterocycles. The van der Waals surface area contributed by atoms with Crippen molar-refractivity contribution in [1.29, 1.82) is 0 Å². The second-order valence-electron chi connectivity index (χ2n) is 5.99. The van der Waals surface area contributed by atoms with Crippen molar-refractivity contribution < 1.29 is 4.74 Å². The molecule has 1 aliphatic rings. The van der Waals surface area contributed by atoms with Crippen LogP contribution < -0.4 is 9.64 Å². The molecule has 0 saturated heterocycles. The molecule has 0 spiro atoms. The van der Waals surface area contributed by atoms with E-state index < -0.39 is 0 Å². The van der Waals surface area contributed by atoms with Crippen LogP contribution >= 0.6 is 11.6 Å². The zero-order chi connectivity index (χ0) is 16.5. The number of anilines is 2. The van der Waals surface area contributed by atoms with Gasteiger partial charge in [-0.2, -0.15) is 0 Å². The molecule has 24 heavy (non-hydrogen) atoms. The van der Waals surface area contributed by atoms with Crippen molar-refractivity contribution in [2.24, 2.45) is 0 Å². The Bertz CT molecular complexity index is 849. The summed E-state index contributed by atoms with van der Waals surface area (Å²) in [6.07, 6.45) is 0.0431. The standard InChI is InChI=1S/C21H18ClNO/c1-15-21(19-12-5-6-13-20(19)24-15)23(17-9-3-2-4-10-17)18-11-7-8-16(22)14-18/h2-15,21H,1H3. The Hall–Kier alpha value is -2.45. The van der Waals surface area contributed by atoms with Gasteiger partial charge in [-0.3, -0.25) is 0 Å². The van der Waals surface area contributed by atoms with Gasteiger partial charge in [0.1, 0.15) is 11.9 Å². The quantitative estimate of drug-likeness (QED) is 0.582. The fraction of sp³-hybridized carbons (Fsp3) is 0.143. The lowest BCUT2D eigenvalue weighted by molar-refractivity contribution is 0.227. The van der Waals surface area contributed by atoms with E-state index in [1.807, 2.05) is 36.4 Å². The molecule has 0 saturated carbocycles. The smallest absolute Gasteiger partial charge is 0.125 e. The van der Waals surface area contributed by atoms with E-state index in [4.69, 9.17) is 16.3 Å². The maximum Gasteiger partial charge on any atom is 0.125 e. The van der Waals surface area contributed by atoms with Gasteiger partial charge in [0.25, 0.3) is 0 Å². The first-order valence-electron chi connectivity index (χ1n) is 8.09. The number of ether oxygens (including phenoxy) is 1. The van der Waals surface area contributed by atoms with Crippen LogP contribution in [0.4, 0.5) is 11.4 Å². The number of hydrogen-bond acceptors (Lipinski definition) is 2. The summed E-state index contributed by atoms with van der Waals surface area (Å²) in [5, 5.41) is 0.730. The highest BCUT2D eigenvalue weighted by atomic mass is 35.5. The van der Waals surface area contributed by atoms with Gasteiger partial charge in [0, 0.05) is 22.0 Å². The first kappa shape index (κ1) is 15.1. The number of nitrogens with zero attached hydrogens (tertiary/aromatic N) is 1. The third-order valence-corrected chi connectivity index (χ3v) is 4.63. The second-order valence-corrected chi connectivity index (χ2v) is 6.43. The molecular formula is C21H18ClNO. The van der Waals surface area contributed by atoms with Crippen LogP contribution in [0.25, 0.3) is 0 Å². The molecular weight excluding hydrogens is 318 g/mol. The molecule has 1 heterocycles. The average Bonchev–Trinajstić information content (AvgIpc) is 2.93. The van der Waals surface area contributed by atoms with Crippen molar-refractivity contribution in [2.75, 3.05) is 4.90 Å². The van der Waals surface area contributed by atoms with Crippen molar-refractivity contribution in [2.45, 2.75) is 19.1 Å². The Morgan fingerprint density at radius 3 is 2.33 bits per heavy atom. The van der Waals surface area contributed by atoms with Crippen molar-refractivity contribution >= 4 is 23.0 Å². The fourth-order valence-corrected chi connectivity index (χ4v) is 3.57. The minimum Gasteiger partial charge on any atom is -0.488 e. The summed E-state index contributed by atoms with van der Waals surface area (Å²) in [5.41, 5.74) is 3.39. The third kappa shape index (κ3) is 2.63. The van der Waals surface area contributed by atoms with Gasteiger partial charge in [-0.1, -0.05) is 54.1 Å². The molecule has 0 bridgehead atoms. The van der Waals surface area contributed by atoms with Crippen LogP contribution in [-0.4, -0.2) is 6.10 Å². The summed E-state index contributed by atoms with van der Waals surface area (Å²) in [6, 6.07) is 26.7. The van der Waals surface area contributed by atoms with E-state index in [-0.39, 0.29) is 12.1 Å². The molecule has 2 unspecified atom stereocenters. The van der Waals surface area contributed by atoms with E-state index in [1.165, 1.54) is 5.56 Å². The van der Waals surface area contributed by atoms with Gasteiger partial charge in [0.2, 0.25) is 0 Å². The molecule has 3 heteroatoms. The highest BCUT2D eigenvalue weighted by molar-refractivity contribution is 6.30. The van der Waals surface area contributed by atoms with Crippen LogP contribution in [0.15, 0.2) is 78.9 Å². The summed E-state index contributed by atoms with van der Waals surface area (Å²) in [5.74, 6) is 0.956. The minimum atomic E-state index is 0.0431. The van der Waals surface area contributed by atoms with Crippen molar-refractivity contribution in [3.63, 3.8) is 0 Å². The number of hydrogen-bond donors (Lipinski definition) is 0. The molecule has 0 fully saturated rings. The first-order valence-corrected chi connectivity index (χ1v) is 8.47. The van der Waals surface area contributed by atoms with Gasteiger partial charge in [0.05, 0.1) is 6.04 Å². The Kier molecular flexibility index (Phi) is 3.91. The molecule has 2 atom stereocenters. The van der Waals surface area contributed by atoms with Crippen molar-refractivity contribution in [3.05, 3.63) is 89.4 Å². The van der Waals surface area contributed by atoms with E-state index in [0.29, 0.717) is 0 Å². The van der Waals surface area contributed by atoms with Crippen LogP contribution in [-0.2, 0) is 0 Å². The number of para-hydroxylation sites is 2. The molecule has 1 aliphatic heterocycles. The average molecular weight is 336 g/mol. The Morgan fingerprint density at radius 2 is 1.54 bits per heavy atom. The summed E-state index contributed by atoms with van der Waals surface area (Å²) >= 11 is 6.26. The molecule has 2 nitrogen and oxygen atoms in total. The third-order valence-electron chi connectivity index (χ3n) is 4.39. The second kappa shape index (κ2) is 6.21. The van der Waals surface area contributed by atoms with Gasteiger partial charge in [-0.15, -0.1) is 0 Å². The topological polar surface area (TPSA) is 12.5 Å². The molecule has 3 aromatic carbocycles. The molecule has 120 valence electrons. The molecule has 0 amide bonds. The lowest BCUT2D eigenvalue weighted by atomic mass is 10.0. The van der Waals surface area contributed by atoms with Crippen molar-refractivity contribution in [3.8, 4) is 5.75 Å².